The SMILES string of the molecule is Cc1ccccc1/C=C/C(=O)Nc1ccc(NC(=O)c2cccnc2)cc1. The van der Waals surface area contributed by atoms with Gasteiger partial charge in [0.05, 0.1) is 5.56 Å². The fourth-order valence-electron chi connectivity index (χ4n) is 2.46. The Morgan fingerprint density at radius 2 is 1.59 bits per heavy atom. The van der Waals surface area contributed by atoms with E-state index in [0.29, 0.717) is 16.9 Å². The zero-order valence-electron chi connectivity index (χ0n) is 14.8. The van der Waals surface area contributed by atoms with Gasteiger partial charge in [0, 0.05) is 29.8 Å². The molecular formula is C22H19N3O2. The Morgan fingerprint density at radius 1 is 0.889 bits per heavy atom. The van der Waals surface area contributed by atoms with Crippen LogP contribution in [0.4, 0.5) is 11.4 Å². The van der Waals surface area contributed by atoms with Crippen molar-refractivity contribution in [2.45, 2.75) is 6.92 Å². The van der Waals surface area contributed by atoms with Crippen LogP contribution < -0.4 is 10.6 Å². The average Bonchev–Trinajstić information content (AvgIpc) is 2.69. The number of aryl methyl sites for hydroxylation is 1. The maximum Gasteiger partial charge on any atom is 0.257 e. The zero-order valence-corrected chi connectivity index (χ0v) is 14.8. The van der Waals surface area contributed by atoms with Crippen molar-refractivity contribution >= 4 is 29.3 Å². The largest absolute Gasteiger partial charge is 0.323 e. The summed E-state index contributed by atoms with van der Waals surface area (Å²) < 4.78 is 0. The monoisotopic (exact) mass is 357 g/mol. The van der Waals surface area contributed by atoms with Crippen LogP contribution >= 0.6 is 0 Å². The van der Waals surface area contributed by atoms with Gasteiger partial charge < -0.3 is 10.6 Å². The first-order chi connectivity index (χ1) is 13.1. The van der Waals surface area contributed by atoms with Gasteiger partial charge in [-0.25, -0.2) is 0 Å². The molecule has 0 unspecified atom stereocenters. The highest BCUT2D eigenvalue weighted by Gasteiger charge is 2.06. The summed E-state index contributed by atoms with van der Waals surface area (Å²) in [5.41, 5.74) is 3.87. The molecular weight excluding hydrogens is 338 g/mol. The molecule has 134 valence electrons. The summed E-state index contributed by atoms with van der Waals surface area (Å²) in [5, 5.41) is 5.58. The molecule has 5 nitrogen and oxygen atoms in total. The van der Waals surface area contributed by atoms with Crippen LogP contribution in [0.2, 0.25) is 0 Å². The third-order valence-electron chi connectivity index (χ3n) is 3.94. The number of amides is 2. The van der Waals surface area contributed by atoms with Gasteiger partial charge in [0.2, 0.25) is 5.91 Å². The fraction of sp³-hybridized carbons (Fsp3) is 0.0455. The number of anilines is 2. The highest BCUT2D eigenvalue weighted by molar-refractivity contribution is 6.04. The van der Waals surface area contributed by atoms with Crippen molar-refractivity contribution in [1.29, 1.82) is 0 Å². The molecule has 27 heavy (non-hydrogen) atoms. The van der Waals surface area contributed by atoms with Crippen LogP contribution in [0.3, 0.4) is 0 Å². The maximum atomic E-state index is 12.1. The van der Waals surface area contributed by atoms with Crippen molar-refractivity contribution in [2.24, 2.45) is 0 Å². The average molecular weight is 357 g/mol. The quantitative estimate of drug-likeness (QED) is 0.669. The molecule has 0 atom stereocenters. The Morgan fingerprint density at radius 3 is 2.26 bits per heavy atom. The lowest BCUT2D eigenvalue weighted by Gasteiger charge is -2.07. The standard InChI is InChI=1S/C22H19N3O2/c1-16-5-2-3-6-17(16)8-13-21(26)24-19-9-11-20(12-10-19)25-22(27)18-7-4-14-23-15-18/h2-15H,1H3,(H,24,26)(H,25,27)/b13-8+. The molecule has 0 bridgehead atoms. The Balaban J connectivity index is 1.58. The van der Waals surface area contributed by atoms with Crippen molar-refractivity contribution in [2.75, 3.05) is 10.6 Å². The summed E-state index contributed by atoms with van der Waals surface area (Å²) in [4.78, 5) is 28.1. The third-order valence-corrected chi connectivity index (χ3v) is 3.94. The smallest absolute Gasteiger partial charge is 0.257 e. The third kappa shape index (κ3) is 5.12. The minimum absolute atomic E-state index is 0.217. The van der Waals surface area contributed by atoms with Gasteiger partial charge in [-0.05, 0) is 60.5 Å². The molecule has 2 aromatic carbocycles. The molecule has 2 amide bonds. The highest BCUT2D eigenvalue weighted by atomic mass is 16.2. The second-order valence-electron chi connectivity index (χ2n) is 5.95. The molecule has 0 aliphatic carbocycles. The van der Waals surface area contributed by atoms with Gasteiger partial charge in [-0.3, -0.25) is 14.6 Å². The molecule has 0 aliphatic rings. The molecule has 1 aromatic heterocycles. The summed E-state index contributed by atoms with van der Waals surface area (Å²) in [6.45, 7) is 2.00. The summed E-state index contributed by atoms with van der Waals surface area (Å²) in [6.07, 6.45) is 6.40. The molecule has 5 heteroatoms. The molecule has 0 radical (unpaired) electrons. The number of hydrogen-bond acceptors (Lipinski definition) is 3. The Labute approximate surface area is 157 Å². The van der Waals surface area contributed by atoms with E-state index in [0.717, 1.165) is 11.1 Å². The van der Waals surface area contributed by atoms with Gasteiger partial charge in [0.1, 0.15) is 0 Å². The second-order valence-corrected chi connectivity index (χ2v) is 5.95. The van der Waals surface area contributed by atoms with E-state index in [-0.39, 0.29) is 11.8 Å². The summed E-state index contributed by atoms with van der Waals surface area (Å²) in [7, 11) is 0. The molecule has 3 aromatic rings. The summed E-state index contributed by atoms with van der Waals surface area (Å²) in [6, 6.07) is 18.2. The Kier molecular flexibility index (Phi) is 5.74. The van der Waals surface area contributed by atoms with Crippen LogP contribution in [0.1, 0.15) is 21.5 Å². The molecule has 0 saturated heterocycles. The van der Waals surface area contributed by atoms with Gasteiger partial charge >= 0.3 is 0 Å². The molecule has 1 heterocycles. The van der Waals surface area contributed by atoms with Crippen molar-refractivity contribution in [3.8, 4) is 0 Å². The summed E-state index contributed by atoms with van der Waals surface area (Å²) in [5.74, 6) is -0.452. The number of nitrogens with zero attached hydrogens (tertiary/aromatic N) is 1. The van der Waals surface area contributed by atoms with E-state index < -0.39 is 0 Å². The van der Waals surface area contributed by atoms with Gasteiger partial charge in [0.15, 0.2) is 0 Å². The number of hydrogen-bond donors (Lipinski definition) is 2. The lowest BCUT2D eigenvalue weighted by Crippen LogP contribution is -2.12. The topological polar surface area (TPSA) is 71.1 Å². The summed E-state index contributed by atoms with van der Waals surface area (Å²) >= 11 is 0. The van der Waals surface area contributed by atoms with Crippen LogP contribution in [0.5, 0.6) is 0 Å². The van der Waals surface area contributed by atoms with Gasteiger partial charge in [-0.1, -0.05) is 24.3 Å². The minimum Gasteiger partial charge on any atom is -0.323 e. The van der Waals surface area contributed by atoms with Gasteiger partial charge in [-0.2, -0.15) is 0 Å². The van der Waals surface area contributed by atoms with Crippen molar-refractivity contribution in [3.63, 3.8) is 0 Å². The number of benzene rings is 2. The number of carbonyl (C=O) groups excluding carboxylic acids is 2. The van der Waals surface area contributed by atoms with Crippen LogP contribution in [0.25, 0.3) is 6.08 Å². The minimum atomic E-state index is -0.235. The number of pyridine rings is 1. The Bertz CT molecular complexity index is 964. The zero-order chi connectivity index (χ0) is 19.1. The predicted molar refractivity (Wildman–Crippen MR) is 107 cm³/mol. The van der Waals surface area contributed by atoms with Crippen LogP contribution in [-0.4, -0.2) is 16.8 Å². The van der Waals surface area contributed by atoms with E-state index in [1.165, 1.54) is 12.3 Å². The lowest BCUT2D eigenvalue weighted by atomic mass is 10.1. The molecule has 3 rings (SSSR count). The number of aromatic nitrogens is 1. The van der Waals surface area contributed by atoms with E-state index in [1.54, 1.807) is 48.7 Å². The predicted octanol–water partition coefficient (Wildman–Crippen LogP) is 4.29. The molecule has 0 spiro atoms. The van der Waals surface area contributed by atoms with E-state index in [2.05, 4.69) is 15.6 Å². The van der Waals surface area contributed by atoms with E-state index in [4.69, 9.17) is 0 Å². The number of nitrogens with one attached hydrogen (secondary N) is 2. The fourth-order valence-corrected chi connectivity index (χ4v) is 2.46. The van der Waals surface area contributed by atoms with E-state index >= 15 is 0 Å². The van der Waals surface area contributed by atoms with E-state index in [1.807, 2.05) is 31.2 Å². The van der Waals surface area contributed by atoms with Crippen LogP contribution in [0, 0.1) is 6.92 Å². The van der Waals surface area contributed by atoms with Crippen molar-refractivity contribution in [3.05, 3.63) is 95.8 Å². The lowest BCUT2D eigenvalue weighted by molar-refractivity contribution is -0.111. The van der Waals surface area contributed by atoms with E-state index in [9.17, 15) is 9.59 Å². The number of rotatable bonds is 5. The molecule has 0 saturated carbocycles. The number of carbonyl (C=O) groups is 2. The van der Waals surface area contributed by atoms with Crippen molar-refractivity contribution in [1.82, 2.24) is 4.98 Å². The normalized spacial score (nSPS) is 10.6. The second kappa shape index (κ2) is 8.58. The highest BCUT2D eigenvalue weighted by Crippen LogP contribution is 2.15. The maximum absolute atomic E-state index is 12.1. The molecule has 0 fully saturated rings. The van der Waals surface area contributed by atoms with Crippen LogP contribution in [-0.2, 0) is 4.79 Å². The molecule has 0 aliphatic heterocycles. The first-order valence-corrected chi connectivity index (χ1v) is 8.48. The first kappa shape index (κ1) is 18.1. The molecule has 2 N–H and O–H groups in total. The van der Waals surface area contributed by atoms with Crippen LogP contribution in [0.15, 0.2) is 79.1 Å². The Hall–Kier alpha value is -3.73. The first-order valence-electron chi connectivity index (χ1n) is 8.48. The van der Waals surface area contributed by atoms with Crippen molar-refractivity contribution < 1.29 is 9.59 Å². The van der Waals surface area contributed by atoms with Gasteiger partial charge in [-0.15, -0.1) is 0 Å². The van der Waals surface area contributed by atoms with Gasteiger partial charge in [0.25, 0.3) is 5.91 Å².